The van der Waals surface area contributed by atoms with Gasteiger partial charge in [0, 0.05) is 12.6 Å². The molecular formula is C19H23FN2O3. The molecule has 25 heavy (non-hydrogen) atoms. The second-order valence-electron chi connectivity index (χ2n) is 5.55. The first-order valence-corrected chi connectivity index (χ1v) is 8.04. The zero-order chi connectivity index (χ0) is 18.2. The maximum atomic E-state index is 13.3. The Morgan fingerprint density at radius 1 is 1.16 bits per heavy atom. The summed E-state index contributed by atoms with van der Waals surface area (Å²) < 4.78 is 23.7. The fourth-order valence-electron chi connectivity index (χ4n) is 2.47. The van der Waals surface area contributed by atoms with Gasteiger partial charge in [-0.1, -0.05) is 19.1 Å². The number of nitrogens with zero attached hydrogens (tertiary/aromatic N) is 1. The van der Waals surface area contributed by atoms with E-state index in [0.717, 1.165) is 5.56 Å². The lowest BCUT2D eigenvalue weighted by molar-refractivity contribution is -0.117. The molecule has 0 saturated heterocycles. The number of ether oxygens (including phenoxy) is 2. The van der Waals surface area contributed by atoms with Crippen molar-refractivity contribution in [3.05, 3.63) is 53.8 Å². The quantitative estimate of drug-likeness (QED) is 0.797. The molecular weight excluding hydrogens is 323 g/mol. The van der Waals surface area contributed by atoms with Crippen LogP contribution in [0.1, 0.15) is 12.5 Å². The Morgan fingerprint density at radius 2 is 1.96 bits per heavy atom. The van der Waals surface area contributed by atoms with Crippen LogP contribution in [0.5, 0.6) is 11.5 Å². The molecule has 6 heteroatoms. The Balaban J connectivity index is 2.00. The van der Waals surface area contributed by atoms with Crippen molar-refractivity contribution in [2.24, 2.45) is 0 Å². The van der Waals surface area contributed by atoms with Crippen molar-refractivity contribution in [1.29, 1.82) is 0 Å². The van der Waals surface area contributed by atoms with E-state index in [1.54, 1.807) is 31.4 Å². The first kappa shape index (κ1) is 18.7. The lowest BCUT2D eigenvalue weighted by Gasteiger charge is -2.20. The summed E-state index contributed by atoms with van der Waals surface area (Å²) in [7, 11) is 3.10. The molecule has 0 aliphatic rings. The van der Waals surface area contributed by atoms with Gasteiger partial charge in [0.15, 0.2) is 0 Å². The maximum Gasteiger partial charge on any atom is 0.238 e. The highest BCUT2D eigenvalue weighted by atomic mass is 19.1. The van der Waals surface area contributed by atoms with Gasteiger partial charge < -0.3 is 14.8 Å². The van der Waals surface area contributed by atoms with E-state index in [2.05, 4.69) is 5.32 Å². The predicted octanol–water partition coefficient (Wildman–Crippen LogP) is 3.30. The van der Waals surface area contributed by atoms with Crippen molar-refractivity contribution in [1.82, 2.24) is 4.90 Å². The summed E-state index contributed by atoms with van der Waals surface area (Å²) >= 11 is 0. The second-order valence-corrected chi connectivity index (χ2v) is 5.55. The Morgan fingerprint density at radius 3 is 2.60 bits per heavy atom. The van der Waals surface area contributed by atoms with E-state index < -0.39 is 0 Å². The highest BCUT2D eigenvalue weighted by molar-refractivity contribution is 5.93. The molecule has 5 nitrogen and oxygen atoms in total. The van der Waals surface area contributed by atoms with Gasteiger partial charge in [0.25, 0.3) is 0 Å². The summed E-state index contributed by atoms with van der Waals surface area (Å²) in [5.74, 6) is 0.736. The van der Waals surface area contributed by atoms with Gasteiger partial charge in [-0.05, 0) is 36.4 Å². The smallest absolute Gasteiger partial charge is 0.238 e. The minimum absolute atomic E-state index is 0.165. The zero-order valence-electron chi connectivity index (χ0n) is 14.7. The molecule has 2 rings (SSSR count). The number of likely N-dealkylation sites (N-methyl/N-ethyl adjacent to an activating group) is 1. The zero-order valence-corrected chi connectivity index (χ0v) is 14.7. The van der Waals surface area contributed by atoms with E-state index >= 15 is 0 Å². The fraction of sp³-hybridized carbons (Fsp3) is 0.316. The van der Waals surface area contributed by atoms with Gasteiger partial charge in [0.2, 0.25) is 5.91 Å². The maximum absolute atomic E-state index is 13.3. The molecule has 0 radical (unpaired) electrons. The number of amides is 1. The normalized spacial score (nSPS) is 10.6. The summed E-state index contributed by atoms with van der Waals surface area (Å²) in [6, 6.07) is 11.6. The van der Waals surface area contributed by atoms with Crippen LogP contribution in [-0.4, -0.2) is 38.1 Å². The van der Waals surface area contributed by atoms with Gasteiger partial charge in [0.05, 0.1) is 26.5 Å². The minimum atomic E-state index is -0.277. The van der Waals surface area contributed by atoms with E-state index in [9.17, 15) is 9.18 Å². The number of carbonyl (C=O) groups is 1. The van der Waals surface area contributed by atoms with Crippen LogP contribution in [0.25, 0.3) is 0 Å². The summed E-state index contributed by atoms with van der Waals surface area (Å²) in [5.41, 5.74) is 1.41. The molecule has 0 aliphatic carbocycles. The van der Waals surface area contributed by atoms with Crippen LogP contribution in [-0.2, 0) is 11.3 Å². The third-order valence-electron chi connectivity index (χ3n) is 3.79. The number of benzene rings is 2. The topological polar surface area (TPSA) is 50.8 Å². The first-order chi connectivity index (χ1) is 12.0. The molecule has 0 unspecified atom stereocenters. The minimum Gasteiger partial charge on any atom is -0.497 e. The molecule has 0 aromatic heterocycles. The van der Waals surface area contributed by atoms with E-state index in [1.807, 2.05) is 17.9 Å². The number of rotatable bonds is 8. The van der Waals surface area contributed by atoms with Crippen LogP contribution in [0.3, 0.4) is 0 Å². The molecule has 0 aliphatic heterocycles. The van der Waals surface area contributed by atoms with Crippen LogP contribution in [0, 0.1) is 5.82 Å². The van der Waals surface area contributed by atoms with E-state index in [1.165, 1.54) is 19.2 Å². The molecule has 134 valence electrons. The summed E-state index contributed by atoms with van der Waals surface area (Å²) in [5, 5.41) is 2.84. The van der Waals surface area contributed by atoms with Gasteiger partial charge in [-0.25, -0.2) is 4.39 Å². The standard InChI is InChI=1S/C19H23FN2O3/c1-4-22(12-14-6-5-7-15(20)10-14)13-19(23)21-17-9-8-16(24-2)11-18(17)25-3/h5-11H,4,12-13H2,1-3H3,(H,21,23). The third kappa shape index (κ3) is 5.46. The molecule has 0 spiro atoms. The molecule has 0 atom stereocenters. The van der Waals surface area contributed by atoms with Crippen molar-refractivity contribution in [3.8, 4) is 11.5 Å². The summed E-state index contributed by atoms with van der Waals surface area (Å²) in [4.78, 5) is 14.3. The highest BCUT2D eigenvalue weighted by Crippen LogP contribution is 2.28. The molecule has 1 amide bonds. The molecule has 0 saturated carbocycles. The first-order valence-electron chi connectivity index (χ1n) is 8.04. The number of halogens is 1. The summed E-state index contributed by atoms with van der Waals surface area (Å²) in [6.45, 7) is 3.33. The van der Waals surface area contributed by atoms with Gasteiger partial charge in [-0.2, -0.15) is 0 Å². The number of hydrogen-bond donors (Lipinski definition) is 1. The van der Waals surface area contributed by atoms with Crippen molar-refractivity contribution in [3.63, 3.8) is 0 Å². The van der Waals surface area contributed by atoms with Crippen LogP contribution in [0.2, 0.25) is 0 Å². The molecule has 0 bridgehead atoms. The van der Waals surface area contributed by atoms with Gasteiger partial charge in [-0.15, -0.1) is 0 Å². The molecule has 0 fully saturated rings. The Labute approximate surface area is 147 Å². The predicted molar refractivity (Wildman–Crippen MR) is 95.5 cm³/mol. The van der Waals surface area contributed by atoms with Crippen LogP contribution >= 0.6 is 0 Å². The van der Waals surface area contributed by atoms with E-state index in [4.69, 9.17) is 9.47 Å². The SMILES string of the molecule is CCN(CC(=O)Nc1ccc(OC)cc1OC)Cc1cccc(F)c1. The average Bonchev–Trinajstić information content (AvgIpc) is 2.61. The third-order valence-corrected chi connectivity index (χ3v) is 3.79. The highest BCUT2D eigenvalue weighted by Gasteiger charge is 2.13. The number of nitrogens with one attached hydrogen (secondary N) is 1. The number of carbonyl (C=O) groups excluding carboxylic acids is 1. The molecule has 0 heterocycles. The largest absolute Gasteiger partial charge is 0.497 e. The molecule has 2 aromatic carbocycles. The Kier molecular flexibility index (Phi) is 6.77. The number of hydrogen-bond acceptors (Lipinski definition) is 4. The lowest BCUT2D eigenvalue weighted by Crippen LogP contribution is -2.32. The van der Waals surface area contributed by atoms with E-state index in [-0.39, 0.29) is 18.3 Å². The molecule has 2 aromatic rings. The van der Waals surface area contributed by atoms with Crippen molar-refractivity contribution >= 4 is 11.6 Å². The van der Waals surface area contributed by atoms with Crippen LogP contribution in [0.15, 0.2) is 42.5 Å². The second kappa shape index (κ2) is 9.03. The van der Waals surface area contributed by atoms with Crippen molar-refractivity contribution in [2.45, 2.75) is 13.5 Å². The Hall–Kier alpha value is -2.60. The Bertz CT molecular complexity index is 722. The van der Waals surface area contributed by atoms with Gasteiger partial charge in [-0.3, -0.25) is 9.69 Å². The van der Waals surface area contributed by atoms with Crippen LogP contribution in [0.4, 0.5) is 10.1 Å². The molecule has 1 N–H and O–H groups in total. The van der Waals surface area contributed by atoms with E-state index in [0.29, 0.717) is 30.3 Å². The average molecular weight is 346 g/mol. The fourth-order valence-corrected chi connectivity index (χ4v) is 2.47. The summed E-state index contributed by atoms with van der Waals surface area (Å²) in [6.07, 6.45) is 0. The van der Waals surface area contributed by atoms with Gasteiger partial charge in [0.1, 0.15) is 17.3 Å². The van der Waals surface area contributed by atoms with Crippen LogP contribution < -0.4 is 14.8 Å². The number of methoxy groups -OCH3 is 2. The monoisotopic (exact) mass is 346 g/mol. The van der Waals surface area contributed by atoms with Crippen molar-refractivity contribution in [2.75, 3.05) is 32.6 Å². The van der Waals surface area contributed by atoms with Crippen molar-refractivity contribution < 1.29 is 18.7 Å². The van der Waals surface area contributed by atoms with Gasteiger partial charge >= 0.3 is 0 Å². The number of anilines is 1. The lowest BCUT2D eigenvalue weighted by atomic mass is 10.2.